The zero-order valence-electron chi connectivity index (χ0n) is 8.92. The Morgan fingerprint density at radius 3 is 3.06 bits per heavy atom. The smallest absolute Gasteiger partial charge is 0.245 e. The highest BCUT2D eigenvalue weighted by Gasteiger charge is 2.21. The minimum atomic E-state index is 0.321. The lowest BCUT2D eigenvalue weighted by Crippen LogP contribution is -2.06. The standard InChI is InChI=1S/C12H11N3O/c1-8-6-13-7-10-11(8)15-12(16-10)9-4-2-3-5-14-9/h2-5,7-8H,6H2,1H3. The van der Waals surface area contributed by atoms with Gasteiger partial charge >= 0.3 is 0 Å². The van der Waals surface area contributed by atoms with Gasteiger partial charge in [-0.15, -0.1) is 0 Å². The first-order chi connectivity index (χ1) is 7.84. The SMILES string of the molecule is CC1CN=Cc2oc(-c3ccccn3)nc21. The van der Waals surface area contributed by atoms with Gasteiger partial charge in [0, 0.05) is 18.7 Å². The molecule has 80 valence electrons. The van der Waals surface area contributed by atoms with Crippen LogP contribution in [0.25, 0.3) is 11.6 Å². The largest absolute Gasteiger partial charge is 0.433 e. The van der Waals surface area contributed by atoms with E-state index in [0.29, 0.717) is 11.8 Å². The van der Waals surface area contributed by atoms with Crippen LogP contribution in [0.15, 0.2) is 33.8 Å². The molecular formula is C12H11N3O. The quantitative estimate of drug-likeness (QED) is 0.730. The molecule has 4 nitrogen and oxygen atoms in total. The lowest BCUT2D eigenvalue weighted by molar-refractivity contribution is 0.557. The van der Waals surface area contributed by atoms with E-state index in [1.54, 1.807) is 12.4 Å². The fourth-order valence-electron chi connectivity index (χ4n) is 1.77. The zero-order valence-corrected chi connectivity index (χ0v) is 8.92. The minimum Gasteiger partial charge on any atom is -0.433 e. The van der Waals surface area contributed by atoms with Gasteiger partial charge in [0.1, 0.15) is 5.69 Å². The molecule has 0 aromatic carbocycles. The summed E-state index contributed by atoms with van der Waals surface area (Å²) in [6, 6.07) is 5.68. The summed E-state index contributed by atoms with van der Waals surface area (Å²) in [4.78, 5) is 12.9. The highest BCUT2D eigenvalue weighted by Crippen LogP contribution is 2.26. The van der Waals surface area contributed by atoms with Crippen molar-refractivity contribution < 1.29 is 4.42 Å². The molecule has 16 heavy (non-hydrogen) atoms. The summed E-state index contributed by atoms with van der Waals surface area (Å²) < 4.78 is 5.64. The number of nitrogens with zero attached hydrogens (tertiary/aromatic N) is 3. The van der Waals surface area contributed by atoms with Gasteiger partial charge in [0.2, 0.25) is 5.89 Å². The molecule has 0 fully saturated rings. The minimum absolute atomic E-state index is 0.321. The summed E-state index contributed by atoms with van der Waals surface area (Å²) in [6.07, 6.45) is 3.48. The summed E-state index contributed by atoms with van der Waals surface area (Å²) in [5.74, 6) is 1.66. The fraction of sp³-hybridized carbons (Fsp3) is 0.250. The van der Waals surface area contributed by atoms with E-state index < -0.39 is 0 Å². The van der Waals surface area contributed by atoms with Gasteiger partial charge in [-0.05, 0) is 12.1 Å². The van der Waals surface area contributed by atoms with Crippen molar-refractivity contribution in [1.82, 2.24) is 9.97 Å². The third-order valence-corrected chi connectivity index (χ3v) is 2.62. The monoisotopic (exact) mass is 213 g/mol. The Bertz CT molecular complexity index is 530. The van der Waals surface area contributed by atoms with E-state index in [9.17, 15) is 0 Å². The van der Waals surface area contributed by atoms with Crippen molar-refractivity contribution in [2.45, 2.75) is 12.8 Å². The van der Waals surface area contributed by atoms with Gasteiger partial charge in [-0.3, -0.25) is 9.98 Å². The number of fused-ring (bicyclic) bond motifs is 1. The molecule has 0 spiro atoms. The van der Waals surface area contributed by atoms with E-state index in [-0.39, 0.29) is 0 Å². The second-order valence-corrected chi connectivity index (χ2v) is 3.88. The highest BCUT2D eigenvalue weighted by atomic mass is 16.4. The van der Waals surface area contributed by atoms with Crippen LogP contribution >= 0.6 is 0 Å². The van der Waals surface area contributed by atoms with Gasteiger partial charge in [0.25, 0.3) is 0 Å². The van der Waals surface area contributed by atoms with Gasteiger partial charge in [0.15, 0.2) is 5.76 Å². The number of rotatable bonds is 1. The summed E-state index contributed by atoms with van der Waals surface area (Å²) >= 11 is 0. The maximum Gasteiger partial charge on any atom is 0.245 e. The lowest BCUT2D eigenvalue weighted by Gasteiger charge is -2.08. The molecule has 1 aliphatic rings. The molecule has 3 rings (SSSR count). The van der Waals surface area contributed by atoms with Crippen molar-refractivity contribution >= 4 is 6.21 Å². The first kappa shape index (κ1) is 9.27. The van der Waals surface area contributed by atoms with Crippen LogP contribution in [-0.2, 0) is 0 Å². The van der Waals surface area contributed by atoms with Crippen LogP contribution in [-0.4, -0.2) is 22.7 Å². The number of pyridine rings is 1. The Morgan fingerprint density at radius 1 is 1.38 bits per heavy atom. The topological polar surface area (TPSA) is 51.3 Å². The predicted octanol–water partition coefficient (Wildman–Crippen LogP) is 2.27. The average molecular weight is 213 g/mol. The van der Waals surface area contributed by atoms with Crippen LogP contribution < -0.4 is 0 Å². The molecule has 0 N–H and O–H groups in total. The van der Waals surface area contributed by atoms with E-state index in [0.717, 1.165) is 23.7 Å². The molecule has 4 heteroatoms. The molecule has 1 atom stereocenters. The molecule has 3 heterocycles. The third kappa shape index (κ3) is 1.43. The molecule has 2 aromatic heterocycles. The van der Waals surface area contributed by atoms with Crippen molar-refractivity contribution in [1.29, 1.82) is 0 Å². The maximum atomic E-state index is 5.64. The van der Waals surface area contributed by atoms with Gasteiger partial charge < -0.3 is 4.42 Å². The van der Waals surface area contributed by atoms with Crippen molar-refractivity contribution in [3.63, 3.8) is 0 Å². The lowest BCUT2D eigenvalue weighted by atomic mass is 10.1. The van der Waals surface area contributed by atoms with E-state index in [1.165, 1.54) is 0 Å². The van der Waals surface area contributed by atoms with Gasteiger partial charge in [-0.2, -0.15) is 0 Å². The zero-order chi connectivity index (χ0) is 11.0. The molecule has 0 amide bonds. The van der Waals surface area contributed by atoms with Crippen LogP contribution in [0.1, 0.15) is 24.3 Å². The Kier molecular flexibility index (Phi) is 2.06. The van der Waals surface area contributed by atoms with Crippen LogP contribution in [0.2, 0.25) is 0 Å². The molecule has 0 saturated carbocycles. The van der Waals surface area contributed by atoms with E-state index in [1.807, 2.05) is 18.2 Å². The first-order valence-electron chi connectivity index (χ1n) is 5.26. The molecule has 2 aromatic rings. The molecule has 1 unspecified atom stereocenters. The van der Waals surface area contributed by atoms with Crippen molar-refractivity contribution in [2.24, 2.45) is 4.99 Å². The van der Waals surface area contributed by atoms with Crippen LogP contribution in [0.4, 0.5) is 0 Å². The second-order valence-electron chi connectivity index (χ2n) is 3.88. The molecule has 1 aliphatic heterocycles. The predicted molar refractivity (Wildman–Crippen MR) is 60.6 cm³/mol. The average Bonchev–Trinajstić information content (AvgIpc) is 2.76. The maximum absolute atomic E-state index is 5.64. The highest BCUT2D eigenvalue weighted by molar-refractivity contribution is 5.79. The Labute approximate surface area is 93.1 Å². The third-order valence-electron chi connectivity index (χ3n) is 2.62. The first-order valence-corrected chi connectivity index (χ1v) is 5.26. The van der Waals surface area contributed by atoms with Crippen molar-refractivity contribution in [3.05, 3.63) is 35.9 Å². The van der Waals surface area contributed by atoms with Crippen molar-refractivity contribution in [3.8, 4) is 11.6 Å². The number of hydrogen-bond acceptors (Lipinski definition) is 4. The number of aliphatic imine (C=N–C) groups is 1. The Hall–Kier alpha value is -1.97. The number of aromatic nitrogens is 2. The fourth-order valence-corrected chi connectivity index (χ4v) is 1.77. The second kappa shape index (κ2) is 3.56. The summed E-state index contributed by atoms with van der Waals surface area (Å²) in [5, 5.41) is 0. The van der Waals surface area contributed by atoms with Crippen LogP contribution in [0.5, 0.6) is 0 Å². The van der Waals surface area contributed by atoms with E-state index >= 15 is 0 Å². The Balaban J connectivity index is 2.09. The van der Waals surface area contributed by atoms with Crippen molar-refractivity contribution in [2.75, 3.05) is 6.54 Å². The van der Waals surface area contributed by atoms with E-state index in [2.05, 4.69) is 21.9 Å². The normalized spacial score (nSPS) is 18.4. The van der Waals surface area contributed by atoms with Crippen LogP contribution in [0, 0.1) is 0 Å². The summed E-state index contributed by atoms with van der Waals surface area (Å²) in [5.41, 5.74) is 1.74. The summed E-state index contributed by atoms with van der Waals surface area (Å²) in [6.45, 7) is 2.88. The molecule has 0 saturated heterocycles. The Morgan fingerprint density at radius 2 is 2.31 bits per heavy atom. The molecule has 0 aliphatic carbocycles. The molecule has 0 radical (unpaired) electrons. The van der Waals surface area contributed by atoms with Gasteiger partial charge in [0.05, 0.1) is 11.9 Å². The molecule has 0 bridgehead atoms. The van der Waals surface area contributed by atoms with Gasteiger partial charge in [-0.25, -0.2) is 4.98 Å². The summed E-state index contributed by atoms with van der Waals surface area (Å²) in [7, 11) is 0. The van der Waals surface area contributed by atoms with Crippen LogP contribution in [0.3, 0.4) is 0 Å². The molecular weight excluding hydrogens is 202 g/mol. The van der Waals surface area contributed by atoms with E-state index in [4.69, 9.17) is 4.42 Å². The number of hydrogen-bond donors (Lipinski definition) is 0. The van der Waals surface area contributed by atoms with Gasteiger partial charge in [-0.1, -0.05) is 13.0 Å². The number of oxazole rings is 1.